The average Bonchev–Trinajstić information content (AvgIpc) is 3.07. The quantitative estimate of drug-likeness (QED) is 0.0904. The maximum Gasteiger partial charge on any atom is 0.331 e. The first-order chi connectivity index (χ1) is 23.9. The van der Waals surface area contributed by atoms with E-state index in [2.05, 4.69) is 12.2 Å². The third-order valence-electron chi connectivity index (χ3n) is 8.37. The number of nitrogens with one attached hydrogen (secondary N) is 1. The number of carbonyl (C=O) groups excluding carboxylic acids is 5. The Morgan fingerprint density at radius 3 is 1.90 bits per heavy atom. The summed E-state index contributed by atoms with van der Waals surface area (Å²) in [6.07, 6.45) is 6.78. The van der Waals surface area contributed by atoms with Crippen LogP contribution < -0.4 is 11.1 Å². The zero-order valence-corrected chi connectivity index (χ0v) is 30.4. The van der Waals surface area contributed by atoms with E-state index in [1.54, 1.807) is 19.1 Å². The minimum Gasteiger partial charge on any atom is -0.463 e. The van der Waals surface area contributed by atoms with Crippen LogP contribution >= 0.6 is 0 Å². The zero-order valence-electron chi connectivity index (χ0n) is 30.4. The van der Waals surface area contributed by atoms with Crippen molar-refractivity contribution in [1.29, 1.82) is 0 Å². The lowest BCUT2D eigenvalue weighted by Gasteiger charge is -2.44. The summed E-state index contributed by atoms with van der Waals surface area (Å²) in [5, 5.41) is 2.76. The molecule has 1 heterocycles. The fraction of sp³-hybridized carbons (Fsp3) is 0.703. The van der Waals surface area contributed by atoms with Crippen LogP contribution in [0, 0.1) is 0 Å². The summed E-state index contributed by atoms with van der Waals surface area (Å²) in [6.45, 7) is 6.88. The number of unbranched alkanes of at least 4 members (excludes halogenated alkanes) is 10. The normalized spacial score (nSPS) is 21.4. The van der Waals surface area contributed by atoms with Crippen LogP contribution in [-0.4, -0.2) is 79.2 Å². The van der Waals surface area contributed by atoms with Gasteiger partial charge in [-0.05, 0) is 18.9 Å². The van der Waals surface area contributed by atoms with Gasteiger partial charge in [0.15, 0.2) is 24.5 Å². The molecule has 0 aromatic heterocycles. The van der Waals surface area contributed by atoms with E-state index in [9.17, 15) is 24.0 Å². The fourth-order valence-corrected chi connectivity index (χ4v) is 5.73. The highest BCUT2D eigenvalue weighted by atomic mass is 16.7. The summed E-state index contributed by atoms with van der Waals surface area (Å²) in [5.41, 5.74) is 7.19. The summed E-state index contributed by atoms with van der Waals surface area (Å²) in [4.78, 5) is 62.1. The highest BCUT2D eigenvalue weighted by molar-refractivity contribution is 5.85. The van der Waals surface area contributed by atoms with Crippen molar-refractivity contribution in [1.82, 2.24) is 5.32 Å². The summed E-state index contributed by atoms with van der Waals surface area (Å²) in [5.74, 6) is -3.11. The maximum absolute atomic E-state index is 13.4. The Morgan fingerprint density at radius 1 is 0.780 bits per heavy atom. The number of ether oxygens (including phenoxy) is 6. The van der Waals surface area contributed by atoms with Gasteiger partial charge in [0.2, 0.25) is 5.91 Å². The van der Waals surface area contributed by atoms with Crippen LogP contribution in [0.4, 0.5) is 0 Å². The molecule has 13 nitrogen and oxygen atoms in total. The third-order valence-corrected chi connectivity index (χ3v) is 8.37. The summed E-state index contributed by atoms with van der Waals surface area (Å²) in [7, 11) is 0. The van der Waals surface area contributed by atoms with E-state index in [1.165, 1.54) is 51.9 Å². The van der Waals surface area contributed by atoms with Gasteiger partial charge in [0.05, 0.1) is 12.1 Å². The smallest absolute Gasteiger partial charge is 0.331 e. The molecule has 0 bridgehead atoms. The molecule has 1 aliphatic rings. The minimum atomic E-state index is -1.34. The molecule has 1 fully saturated rings. The second-order valence-corrected chi connectivity index (χ2v) is 12.8. The number of hydrogen-bond acceptors (Lipinski definition) is 12. The van der Waals surface area contributed by atoms with Crippen molar-refractivity contribution in [3.05, 3.63) is 35.9 Å². The fourth-order valence-electron chi connectivity index (χ4n) is 5.73. The second-order valence-electron chi connectivity index (χ2n) is 12.8. The summed E-state index contributed by atoms with van der Waals surface area (Å²) < 4.78 is 33.6. The van der Waals surface area contributed by atoms with Crippen LogP contribution in [0.15, 0.2) is 30.3 Å². The lowest BCUT2D eigenvalue weighted by atomic mass is 9.96. The molecule has 1 saturated heterocycles. The maximum atomic E-state index is 13.4. The zero-order chi connectivity index (χ0) is 36.9. The predicted molar refractivity (Wildman–Crippen MR) is 184 cm³/mol. The number of benzene rings is 1. The standard InChI is InChI=1S/C37H58N2O11/c1-6-7-8-9-10-11-12-13-14-15-19-22-31(43)39-33(36(44)46-23-29-20-17-16-18-21-29)25(2)47-37-32(38)35(49-28(5)42)34(48-27(4)41)30(50-37)24-45-26(3)40/h16-18,20-21,25,30,32-35,37H,6-15,19,22-24,38H2,1-5H3,(H,39,43)/t25-,30+,32+,33-,34+,35+,37+/m0/s1. The number of carbonyl (C=O) groups is 5. The molecular formula is C37H58N2O11. The van der Waals surface area contributed by atoms with Crippen molar-refractivity contribution < 1.29 is 52.4 Å². The lowest BCUT2D eigenvalue weighted by Crippen LogP contribution is -2.66. The Morgan fingerprint density at radius 2 is 1.34 bits per heavy atom. The van der Waals surface area contributed by atoms with E-state index in [0.717, 1.165) is 38.7 Å². The van der Waals surface area contributed by atoms with Crippen LogP contribution in [0.1, 0.15) is 117 Å². The van der Waals surface area contributed by atoms with E-state index in [1.807, 2.05) is 18.2 Å². The molecule has 1 amide bonds. The van der Waals surface area contributed by atoms with Gasteiger partial charge >= 0.3 is 23.9 Å². The minimum absolute atomic E-state index is 0.0279. The molecule has 0 aliphatic carbocycles. The molecule has 50 heavy (non-hydrogen) atoms. The van der Waals surface area contributed by atoms with Crippen LogP contribution in [0.5, 0.6) is 0 Å². The van der Waals surface area contributed by atoms with Crippen LogP contribution in [0.3, 0.4) is 0 Å². The van der Waals surface area contributed by atoms with E-state index in [0.29, 0.717) is 6.42 Å². The Kier molecular flexibility index (Phi) is 20.3. The topological polar surface area (TPSA) is 179 Å². The van der Waals surface area contributed by atoms with Crippen molar-refractivity contribution in [2.45, 2.75) is 161 Å². The van der Waals surface area contributed by atoms with Crippen LogP contribution in [0.25, 0.3) is 0 Å². The molecule has 3 N–H and O–H groups in total. The largest absolute Gasteiger partial charge is 0.463 e. The van der Waals surface area contributed by atoms with E-state index < -0.39 is 66.7 Å². The molecule has 2 rings (SSSR count). The Hall–Kier alpha value is -3.55. The van der Waals surface area contributed by atoms with E-state index in [4.69, 9.17) is 34.2 Å². The molecule has 1 aromatic rings. The van der Waals surface area contributed by atoms with Crippen LogP contribution in [0.2, 0.25) is 0 Å². The van der Waals surface area contributed by atoms with Crippen molar-refractivity contribution in [2.75, 3.05) is 6.61 Å². The third kappa shape index (κ3) is 16.4. The first kappa shape index (κ1) is 42.6. The molecule has 1 aromatic carbocycles. The Bertz CT molecular complexity index is 1180. The van der Waals surface area contributed by atoms with Gasteiger partial charge in [-0.15, -0.1) is 0 Å². The molecule has 0 saturated carbocycles. The highest BCUT2D eigenvalue weighted by Crippen LogP contribution is 2.28. The van der Waals surface area contributed by atoms with Gasteiger partial charge in [-0.2, -0.15) is 0 Å². The van der Waals surface area contributed by atoms with Gasteiger partial charge in [-0.25, -0.2) is 4.79 Å². The van der Waals surface area contributed by atoms with E-state index >= 15 is 0 Å². The Labute approximate surface area is 296 Å². The number of rotatable bonds is 23. The SMILES string of the molecule is CCCCCCCCCCCCCC(=O)N[C@H](C(=O)OCc1ccccc1)[C@H](C)O[C@@H]1O[C@H](COC(C)=O)[C@@H](OC(C)=O)[C@H](OC(C)=O)[C@H]1N. The first-order valence-corrected chi connectivity index (χ1v) is 18.0. The number of esters is 4. The predicted octanol–water partition coefficient (Wildman–Crippen LogP) is 4.80. The van der Waals surface area contributed by atoms with Crippen molar-refractivity contribution in [3.63, 3.8) is 0 Å². The number of nitrogens with two attached hydrogens (primary N) is 1. The molecule has 0 radical (unpaired) electrons. The van der Waals surface area contributed by atoms with E-state index in [-0.39, 0.29) is 25.5 Å². The van der Waals surface area contributed by atoms with Crippen molar-refractivity contribution >= 4 is 29.8 Å². The van der Waals surface area contributed by atoms with Gasteiger partial charge in [0, 0.05) is 27.2 Å². The number of amides is 1. The average molecular weight is 707 g/mol. The molecule has 0 unspecified atom stereocenters. The monoisotopic (exact) mass is 706 g/mol. The summed E-state index contributed by atoms with van der Waals surface area (Å²) in [6, 6.07) is 6.64. The molecule has 0 spiro atoms. The van der Waals surface area contributed by atoms with Crippen LogP contribution in [-0.2, 0) is 59.0 Å². The Balaban J connectivity index is 2.10. The summed E-state index contributed by atoms with van der Waals surface area (Å²) >= 11 is 0. The first-order valence-electron chi connectivity index (χ1n) is 18.0. The lowest BCUT2D eigenvalue weighted by molar-refractivity contribution is -0.284. The molecule has 282 valence electrons. The van der Waals surface area contributed by atoms with Gasteiger partial charge in [0.25, 0.3) is 0 Å². The number of hydrogen-bond donors (Lipinski definition) is 2. The van der Waals surface area contributed by atoms with Crippen molar-refractivity contribution in [3.8, 4) is 0 Å². The van der Waals surface area contributed by atoms with Gasteiger partial charge in [0.1, 0.15) is 19.3 Å². The molecule has 7 atom stereocenters. The second kappa shape index (κ2) is 23.8. The van der Waals surface area contributed by atoms with Gasteiger partial charge < -0.3 is 39.5 Å². The van der Waals surface area contributed by atoms with Gasteiger partial charge in [-0.1, -0.05) is 101 Å². The van der Waals surface area contributed by atoms with Crippen molar-refractivity contribution in [2.24, 2.45) is 5.73 Å². The van der Waals surface area contributed by atoms with Gasteiger partial charge in [-0.3, -0.25) is 19.2 Å². The molecule has 13 heteroatoms. The molecular weight excluding hydrogens is 648 g/mol. The highest BCUT2D eigenvalue weighted by Gasteiger charge is 2.50. The molecule has 1 aliphatic heterocycles.